The van der Waals surface area contributed by atoms with Crippen molar-refractivity contribution in [3.63, 3.8) is 0 Å². The SMILES string of the molecule is [CH2]NCCC1CNCCO1. The van der Waals surface area contributed by atoms with Crippen LogP contribution < -0.4 is 10.6 Å². The van der Waals surface area contributed by atoms with E-state index >= 15 is 0 Å². The Hall–Kier alpha value is -0.120. The fourth-order valence-corrected chi connectivity index (χ4v) is 1.07. The van der Waals surface area contributed by atoms with Crippen molar-refractivity contribution in [3.8, 4) is 0 Å². The molecule has 0 amide bonds. The summed E-state index contributed by atoms with van der Waals surface area (Å²) in [6.45, 7) is 3.77. The van der Waals surface area contributed by atoms with E-state index in [0.717, 1.165) is 32.7 Å². The Labute approximate surface area is 62.1 Å². The summed E-state index contributed by atoms with van der Waals surface area (Å²) in [6.07, 6.45) is 1.44. The molecule has 0 aromatic heterocycles. The molecule has 0 bridgehead atoms. The van der Waals surface area contributed by atoms with Crippen LogP contribution in [0.4, 0.5) is 0 Å². The Balaban J connectivity index is 2.02. The molecule has 1 fully saturated rings. The van der Waals surface area contributed by atoms with Crippen LogP contribution in [0.3, 0.4) is 0 Å². The second-order valence-electron chi connectivity index (χ2n) is 2.49. The fraction of sp³-hybridized carbons (Fsp3) is 0.857. The minimum Gasteiger partial charge on any atom is -0.376 e. The normalized spacial score (nSPS) is 26.7. The van der Waals surface area contributed by atoms with Crippen LogP contribution >= 0.6 is 0 Å². The molecule has 59 valence electrons. The van der Waals surface area contributed by atoms with Crippen LogP contribution in [0.15, 0.2) is 0 Å². The summed E-state index contributed by atoms with van der Waals surface area (Å²) < 4.78 is 5.45. The second kappa shape index (κ2) is 4.66. The first-order valence-corrected chi connectivity index (χ1v) is 3.76. The third-order valence-electron chi connectivity index (χ3n) is 1.65. The monoisotopic (exact) mass is 143 g/mol. The van der Waals surface area contributed by atoms with Gasteiger partial charge in [0, 0.05) is 20.1 Å². The highest BCUT2D eigenvalue weighted by molar-refractivity contribution is 4.67. The summed E-state index contributed by atoms with van der Waals surface area (Å²) in [5, 5.41) is 6.13. The number of nitrogens with one attached hydrogen (secondary N) is 2. The summed E-state index contributed by atoms with van der Waals surface area (Å²) in [4.78, 5) is 0. The van der Waals surface area contributed by atoms with E-state index < -0.39 is 0 Å². The molecule has 1 atom stereocenters. The molecule has 0 aromatic rings. The van der Waals surface area contributed by atoms with Crippen molar-refractivity contribution in [2.45, 2.75) is 12.5 Å². The maximum absolute atomic E-state index is 5.45. The fourth-order valence-electron chi connectivity index (χ4n) is 1.07. The predicted octanol–water partition coefficient (Wildman–Crippen LogP) is -0.254. The molecule has 3 nitrogen and oxygen atoms in total. The number of hydrogen-bond donors (Lipinski definition) is 2. The molecule has 1 radical (unpaired) electrons. The largest absolute Gasteiger partial charge is 0.376 e. The van der Waals surface area contributed by atoms with Gasteiger partial charge in [-0.1, -0.05) is 0 Å². The highest BCUT2D eigenvalue weighted by atomic mass is 16.5. The van der Waals surface area contributed by atoms with Crippen LogP contribution in [-0.2, 0) is 4.74 Å². The predicted molar refractivity (Wildman–Crippen MR) is 40.6 cm³/mol. The first-order valence-electron chi connectivity index (χ1n) is 3.76. The van der Waals surface area contributed by atoms with Crippen molar-refractivity contribution in [3.05, 3.63) is 7.05 Å². The van der Waals surface area contributed by atoms with Gasteiger partial charge in [-0.2, -0.15) is 0 Å². The molecule has 10 heavy (non-hydrogen) atoms. The highest BCUT2D eigenvalue weighted by Crippen LogP contribution is 1.99. The molecule has 1 aliphatic heterocycles. The van der Waals surface area contributed by atoms with Crippen LogP contribution in [0.2, 0.25) is 0 Å². The lowest BCUT2D eigenvalue weighted by atomic mass is 10.2. The zero-order valence-electron chi connectivity index (χ0n) is 6.23. The van der Waals surface area contributed by atoms with Gasteiger partial charge in [-0.25, -0.2) is 0 Å². The number of rotatable bonds is 3. The van der Waals surface area contributed by atoms with Crippen LogP contribution in [0.5, 0.6) is 0 Å². The third kappa shape index (κ3) is 2.64. The lowest BCUT2D eigenvalue weighted by Crippen LogP contribution is -2.39. The molecular formula is C7H15N2O. The molecular weight excluding hydrogens is 128 g/mol. The molecule has 1 aliphatic rings. The average Bonchev–Trinajstić information content (AvgIpc) is 2.03. The number of morpholine rings is 1. The van der Waals surface area contributed by atoms with Crippen molar-refractivity contribution in [2.24, 2.45) is 0 Å². The molecule has 1 unspecified atom stereocenters. The van der Waals surface area contributed by atoms with Crippen LogP contribution in [0.1, 0.15) is 6.42 Å². The minimum atomic E-state index is 0.392. The van der Waals surface area contributed by atoms with Crippen molar-refractivity contribution < 1.29 is 4.74 Å². The summed E-state index contributed by atoms with van der Waals surface area (Å²) in [5.74, 6) is 0. The molecule has 0 aromatic carbocycles. The highest BCUT2D eigenvalue weighted by Gasteiger charge is 2.11. The van der Waals surface area contributed by atoms with Crippen molar-refractivity contribution in [1.29, 1.82) is 0 Å². The van der Waals surface area contributed by atoms with Gasteiger partial charge in [-0.05, 0) is 13.0 Å². The van der Waals surface area contributed by atoms with Gasteiger partial charge in [-0.15, -0.1) is 0 Å². The molecule has 0 saturated carbocycles. The van der Waals surface area contributed by atoms with Gasteiger partial charge in [0.25, 0.3) is 0 Å². The van der Waals surface area contributed by atoms with E-state index in [9.17, 15) is 0 Å². The Bertz CT molecular complexity index is 81.7. The van der Waals surface area contributed by atoms with Gasteiger partial charge in [0.05, 0.1) is 12.7 Å². The van der Waals surface area contributed by atoms with Crippen molar-refractivity contribution >= 4 is 0 Å². The average molecular weight is 143 g/mol. The smallest absolute Gasteiger partial charge is 0.0712 e. The Morgan fingerprint density at radius 3 is 3.20 bits per heavy atom. The van der Waals surface area contributed by atoms with Crippen molar-refractivity contribution in [1.82, 2.24) is 10.6 Å². The number of hydrogen-bond acceptors (Lipinski definition) is 3. The molecule has 1 saturated heterocycles. The summed E-state index contributed by atoms with van der Waals surface area (Å²) in [6, 6.07) is 0. The molecule has 2 N–H and O–H groups in total. The van der Waals surface area contributed by atoms with Gasteiger partial charge >= 0.3 is 0 Å². The van der Waals surface area contributed by atoms with Gasteiger partial charge in [0.2, 0.25) is 0 Å². The van der Waals surface area contributed by atoms with Gasteiger partial charge < -0.3 is 15.4 Å². The van der Waals surface area contributed by atoms with E-state index in [4.69, 9.17) is 4.74 Å². The maximum atomic E-state index is 5.45. The van der Waals surface area contributed by atoms with Gasteiger partial charge in [0.1, 0.15) is 0 Å². The molecule has 0 aliphatic carbocycles. The quantitative estimate of drug-likeness (QED) is 0.571. The lowest BCUT2D eigenvalue weighted by molar-refractivity contribution is 0.0243. The third-order valence-corrected chi connectivity index (χ3v) is 1.65. The number of ether oxygens (including phenoxy) is 1. The van der Waals surface area contributed by atoms with E-state index in [1.54, 1.807) is 0 Å². The van der Waals surface area contributed by atoms with Gasteiger partial charge in [-0.3, -0.25) is 0 Å². The van der Waals surface area contributed by atoms with E-state index in [0.29, 0.717) is 6.10 Å². The Morgan fingerprint density at radius 2 is 2.60 bits per heavy atom. The Kier molecular flexibility index (Phi) is 3.72. The molecule has 3 heteroatoms. The van der Waals surface area contributed by atoms with E-state index in [1.165, 1.54) is 0 Å². The summed E-state index contributed by atoms with van der Waals surface area (Å²) >= 11 is 0. The first kappa shape index (κ1) is 7.98. The zero-order chi connectivity index (χ0) is 7.23. The van der Waals surface area contributed by atoms with E-state index in [1.807, 2.05) is 0 Å². The molecule has 1 rings (SSSR count). The standard InChI is InChI=1S/C7H15N2O/c1-8-3-2-7-6-9-4-5-10-7/h7-9H,1-6H2. The van der Waals surface area contributed by atoms with E-state index in [-0.39, 0.29) is 0 Å². The summed E-state index contributed by atoms with van der Waals surface area (Å²) in [7, 11) is 3.54. The summed E-state index contributed by atoms with van der Waals surface area (Å²) in [5.41, 5.74) is 0. The first-order chi connectivity index (χ1) is 4.93. The van der Waals surface area contributed by atoms with Gasteiger partial charge in [0.15, 0.2) is 0 Å². The lowest BCUT2D eigenvalue weighted by Gasteiger charge is -2.23. The van der Waals surface area contributed by atoms with Crippen LogP contribution in [0, 0.1) is 7.05 Å². The maximum Gasteiger partial charge on any atom is 0.0712 e. The van der Waals surface area contributed by atoms with Crippen molar-refractivity contribution in [2.75, 3.05) is 26.2 Å². The molecule has 0 spiro atoms. The zero-order valence-corrected chi connectivity index (χ0v) is 6.23. The Morgan fingerprint density at radius 1 is 1.70 bits per heavy atom. The van der Waals surface area contributed by atoms with Crippen LogP contribution in [-0.4, -0.2) is 32.3 Å². The minimum absolute atomic E-state index is 0.392. The molecule has 1 heterocycles. The topological polar surface area (TPSA) is 33.3 Å². The second-order valence-corrected chi connectivity index (χ2v) is 2.49. The van der Waals surface area contributed by atoms with Crippen LogP contribution in [0.25, 0.3) is 0 Å². The van der Waals surface area contributed by atoms with E-state index in [2.05, 4.69) is 17.7 Å².